The number of carbonyl (C=O) groups excluding carboxylic acids is 1. The third-order valence-corrected chi connectivity index (χ3v) is 3.49. The molecule has 2 aromatic rings. The number of benzene rings is 1. The first-order valence-electron chi connectivity index (χ1n) is 6.74. The van der Waals surface area contributed by atoms with Gasteiger partial charge in [-0.1, -0.05) is 23.2 Å². The zero-order chi connectivity index (χ0) is 18.6. The molecule has 1 aromatic heterocycles. The van der Waals surface area contributed by atoms with Crippen LogP contribution in [0.15, 0.2) is 41.6 Å². The van der Waals surface area contributed by atoms with Gasteiger partial charge in [-0.2, -0.15) is 18.3 Å². The Bertz CT molecular complexity index is 794. The number of hydrogen-bond acceptors (Lipinski definition) is 3. The van der Waals surface area contributed by atoms with Crippen LogP contribution in [0.4, 0.5) is 23.7 Å². The molecule has 2 amide bonds. The number of anilines is 1. The maximum atomic E-state index is 12.5. The molecular weight excluding hydrogens is 380 g/mol. The number of pyridine rings is 1. The molecule has 5 nitrogen and oxygen atoms in total. The number of hydrogen-bond donors (Lipinski definition) is 1. The van der Waals surface area contributed by atoms with Crippen LogP contribution in [0.5, 0.6) is 0 Å². The molecule has 1 N–H and O–H groups in total. The number of hydrazone groups is 1. The van der Waals surface area contributed by atoms with Crippen LogP contribution >= 0.6 is 23.2 Å². The molecule has 10 heteroatoms. The first-order valence-corrected chi connectivity index (χ1v) is 7.49. The van der Waals surface area contributed by atoms with E-state index in [1.165, 1.54) is 7.05 Å². The van der Waals surface area contributed by atoms with Crippen molar-refractivity contribution in [3.8, 4) is 0 Å². The van der Waals surface area contributed by atoms with Crippen LogP contribution in [0.3, 0.4) is 0 Å². The summed E-state index contributed by atoms with van der Waals surface area (Å²) < 4.78 is 37.6. The van der Waals surface area contributed by atoms with Crippen molar-refractivity contribution in [1.82, 2.24) is 9.99 Å². The summed E-state index contributed by atoms with van der Waals surface area (Å²) in [6.07, 6.45) is -2.81. The van der Waals surface area contributed by atoms with Crippen LogP contribution in [-0.4, -0.2) is 29.3 Å². The Kier molecular flexibility index (Phi) is 5.86. The highest BCUT2D eigenvalue weighted by Gasteiger charge is 2.31. The Labute approximate surface area is 151 Å². The van der Waals surface area contributed by atoms with E-state index in [4.69, 9.17) is 23.2 Å². The molecule has 0 fully saturated rings. The summed E-state index contributed by atoms with van der Waals surface area (Å²) in [7, 11) is 1.36. The Morgan fingerprint density at radius 2 is 1.92 bits per heavy atom. The molecule has 1 aromatic carbocycles. The molecule has 1 heterocycles. The van der Waals surface area contributed by atoms with Gasteiger partial charge in [-0.3, -0.25) is 4.98 Å². The van der Waals surface area contributed by atoms with Crippen molar-refractivity contribution in [2.45, 2.75) is 6.18 Å². The summed E-state index contributed by atoms with van der Waals surface area (Å²) in [5.41, 5.74) is -0.466. The first-order chi connectivity index (χ1) is 11.7. The summed E-state index contributed by atoms with van der Waals surface area (Å²) in [4.78, 5) is 15.6. The number of halogens is 5. The predicted octanol–water partition coefficient (Wildman–Crippen LogP) is 4.91. The SMILES string of the molecule is CN(/N=C\c1ncc(C(F)(F)F)cc1Cl)C(=O)Nc1ccc(Cl)cc1. The average Bonchev–Trinajstić information content (AvgIpc) is 2.54. The molecule has 25 heavy (non-hydrogen) atoms. The number of carbonyl (C=O) groups is 1. The Hall–Kier alpha value is -2.32. The second-order valence-electron chi connectivity index (χ2n) is 4.79. The zero-order valence-corrected chi connectivity index (χ0v) is 14.2. The normalized spacial score (nSPS) is 11.6. The summed E-state index contributed by atoms with van der Waals surface area (Å²) >= 11 is 11.5. The minimum absolute atomic E-state index is 0.000750. The minimum atomic E-state index is -4.54. The fraction of sp³-hybridized carbons (Fsp3) is 0.133. The molecule has 0 radical (unpaired) electrons. The highest BCUT2D eigenvalue weighted by atomic mass is 35.5. The fourth-order valence-corrected chi connectivity index (χ4v) is 1.97. The predicted molar refractivity (Wildman–Crippen MR) is 90.1 cm³/mol. The van der Waals surface area contributed by atoms with Gasteiger partial charge in [0.15, 0.2) is 0 Å². The van der Waals surface area contributed by atoms with E-state index in [1.54, 1.807) is 24.3 Å². The number of aromatic nitrogens is 1. The maximum absolute atomic E-state index is 12.5. The second kappa shape index (κ2) is 7.71. The summed E-state index contributed by atoms with van der Waals surface area (Å²) in [6.45, 7) is 0. The molecule has 2 rings (SSSR count). The molecule has 0 unspecified atom stereocenters. The van der Waals surface area contributed by atoms with Crippen LogP contribution in [-0.2, 0) is 6.18 Å². The van der Waals surface area contributed by atoms with Gasteiger partial charge in [0, 0.05) is 24.0 Å². The van der Waals surface area contributed by atoms with Gasteiger partial charge < -0.3 is 5.32 Å². The van der Waals surface area contributed by atoms with E-state index in [0.29, 0.717) is 16.9 Å². The summed E-state index contributed by atoms with van der Waals surface area (Å²) in [5.74, 6) is 0. The molecule has 0 atom stereocenters. The lowest BCUT2D eigenvalue weighted by molar-refractivity contribution is -0.137. The number of rotatable bonds is 3. The molecule has 132 valence electrons. The smallest absolute Gasteiger partial charge is 0.306 e. The van der Waals surface area contributed by atoms with Crippen molar-refractivity contribution < 1.29 is 18.0 Å². The standard InChI is InChI=1S/C15H11Cl2F3N4O/c1-24(14(25)23-11-4-2-10(16)3-5-11)22-8-13-12(17)6-9(7-21-13)15(18,19)20/h2-8H,1H3,(H,23,25)/b22-8-. The Morgan fingerprint density at radius 3 is 2.48 bits per heavy atom. The molecule has 0 spiro atoms. The van der Waals surface area contributed by atoms with Gasteiger partial charge >= 0.3 is 12.2 Å². The van der Waals surface area contributed by atoms with Crippen LogP contribution in [0.25, 0.3) is 0 Å². The highest BCUT2D eigenvalue weighted by Crippen LogP contribution is 2.30. The van der Waals surface area contributed by atoms with E-state index in [9.17, 15) is 18.0 Å². The summed E-state index contributed by atoms with van der Waals surface area (Å²) in [6, 6.07) is 6.59. The van der Waals surface area contributed by atoms with Gasteiger partial charge in [0.1, 0.15) is 5.69 Å². The van der Waals surface area contributed by atoms with Gasteiger partial charge in [0.2, 0.25) is 0 Å². The molecule has 0 bridgehead atoms. The van der Waals surface area contributed by atoms with Crippen LogP contribution in [0.1, 0.15) is 11.3 Å². The highest BCUT2D eigenvalue weighted by molar-refractivity contribution is 6.32. The van der Waals surface area contributed by atoms with Gasteiger partial charge in [-0.25, -0.2) is 9.80 Å². The zero-order valence-electron chi connectivity index (χ0n) is 12.7. The van der Waals surface area contributed by atoms with Crippen molar-refractivity contribution in [3.63, 3.8) is 0 Å². The minimum Gasteiger partial charge on any atom is -0.306 e. The van der Waals surface area contributed by atoms with Crippen LogP contribution in [0, 0.1) is 0 Å². The lowest BCUT2D eigenvalue weighted by atomic mass is 10.2. The van der Waals surface area contributed by atoms with Crippen LogP contribution < -0.4 is 5.32 Å². The largest absolute Gasteiger partial charge is 0.417 e. The number of nitrogens with one attached hydrogen (secondary N) is 1. The van der Waals surface area contributed by atoms with Gasteiger partial charge in [-0.15, -0.1) is 0 Å². The van der Waals surface area contributed by atoms with Gasteiger partial charge in [0.05, 0.1) is 16.8 Å². The molecule has 0 saturated carbocycles. The lowest BCUT2D eigenvalue weighted by Crippen LogP contribution is -2.27. The number of nitrogens with zero attached hydrogens (tertiary/aromatic N) is 3. The van der Waals surface area contributed by atoms with E-state index < -0.39 is 17.8 Å². The maximum Gasteiger partial charge on any atom is 0.417 e. The molecule has 0 aliphatic rings. The third-order valence-electron chi connectivity index (χ3n) is 2.94. The fourth-order valence-electron chi connectivity index (χ4n) is 1.63. The monoisotopic (exact) mass is 390 g/mol. The molecule has 0 aliphatic carbocycles. The first kappa shape index (κ1) is 19.0. The van der Waals surface area contributed by atoms with E-state index in [1.807, 2.05) is 0 Å². The number of amides is 2. The van der Waals surface area contributed by atoms with Crippen molar-refractivity contribution in [2.75, 3.05) is 12.4 Å². The van der Waals surface area contributed by atoms with Crippen molar-refractivity contribution in [2.24, 2.45) is 5.10 Å². The molecule has 0 aliphatic heterocycles. The average molecular weight is 391 g/mol. The van der Waals surface area contributed by atoms with Crippen molar-refractivity contribution in [1.29, 1.82) is 0 Å². The van der Waals surface area contributed by atoms with Crippen molar-refractivity contribution in [3.05, 3.63) is 57.8 Å². The number of alkyl halides is 3. The van der Waals surface area contributed by atoms with Crippen molar-refractivity contribution >= 4 is 41.1 Å². The summed E-state index contributed by atoms with van der Waals surface area (Å²) in [5, 5.41) is 7.60. The lowest BCUT2D eigenvalue weighted by Gasteiger charge is -2.12. The van der Waals surface area contributed by atoms with Gasteiger partial charge in [0.25, 0.3) is 0 Å². The second-order valence-corrected chi connectivity index (χ2v) is 5.64. The third kappa shape index (κ3) is 5.33. The molecule has 0 saturated heterocycles. The number of urea groups is 1. The Balaban J connectivity index is 2.05. The van der Waals surface area contributed by atoms with Gasteiger partial charge in [-0.05, 0) is 30.3 Å². The topological polar surface area (TPSA) is 57.6 Å². The quantitative estimate of drug-likeness (QED) is 0.598. The molecular formula is C15H11Cl2F3N4O. The van der Waals surface area contributed by atoms with Crippen LogP contribution in [0.2, 0.25) is 10.0 Å². The van der Waals surface area contributed by atoms with E-state index >= 15 is 0 Å². The van der Waals surface area contributed by atoms with E-state index in [-0.39, 0.29) is 10.7 Å². The van der Waals surface area contributed by atoms with E-state index in [0.717, 1.165) is 17.3 Å². The van der Waals surface area contributed by atoms with E-state index in [2.05, 4.69) is 15.4 Å². The Morgan fingerprint density at radius 1 is 1.28 bits per heavy atom.